The normalized spacial score (nSPS) is 12.9. The van der Waals surface area contributed by atoms with Gasteiger partial charge in [0.05, 0.1) is 12.2 Å². The van der Waals surface area contributed by atoms with Gasteiger partial charge in [-0.05, 0) is 42.7 Å². The molecule has 0 aromatic heterocycles. The van der Waals surface area contributed by atoms with E-state index >= 15 is 0 Å². The Labute approximate surface area is 167 Å². The van der Waals surface area contributed by atoms with E-state index in [0.29, 0.717) is 11.4 Å². The molecule has 3 rings (SSSR count). The number of carboxylic acid groups (broad SMARTS) is 1. The maximum absolute atomic E-state index is 12.7. The minimum atomic E-state index is -1.00. The van der Waals surface area contributed by atoms with Crippen molar-refractivity contribution < 1.29 is 19.5 Å². The third-order valence-electron chi connectivity index (χ3n) is 4.46. The molecule has 2 amide bonds. The number of carboxylic acids is 1. The van der Waals surface area contributed by atoms with Gasteiger partial charge in [-0.15, -0.1) is 11.8 Å². The van der Waals surface area contributed by atoms with Crippen LogP contribution < -0.4 is 10.2 Å². The number of hydrogen-bond acceptors (Lipinski definition) is 4. The number of aliphatic carboxylic acids is 1. The number of aryl methyl sites for hydroxylation is 1. The number of carbonyl (C=O) groups is 3. The summed E-state index contributed by atoms with van der Waals surface area (Å²) in [5.74, 6) is -0.971. The molecule has 0 unspecified atom stereocenters. The second-order valence-corrected chi connectivity index (χ2v) is 7.58. The van der Waals surface area contributed by atoms with Crippen LogP contribution in [0.5, 0.6) is 0 Å². The van der Waals surface area contributed by atoms with Gasteiger partial charge in [0.1, 0.15) is 0 Å². The van der Waals surface area contributed by atoms with E-state index in [9.17, 15) is 14.4 Å². The Morgan fingerprint density at radius 3 is 2.71 bits per heavy atom. The molecule has 2 aromatic rings. The summed E-state index contributed by atoms with van der Waals surface area (Å²) < 4.78 is 0. The van der Waals surface area contributed by atoms with Gasteiger partial charge in [-0.3, -0.25) is 14.4 Å². The number of nitrogens with zero attached hydrogens (tertiary/aromatic N) is 1. The molecule has 0 bridgehead atoms. The number of amides is 2. The van der Waals surface area contributed by atoms with Gasteiger partial charge in [0.15, 0.2) is 0 Å². The second-order valence-electron chi connectivity index (χ2n) is 6.54. The van der Waals surface area contributed by atoms with E-state index in [2.05, 4.69) is 11.4 Å². The first kappa shape index (κ1) is 19.9. The molecule has 6 nitrogen and oxygen atoms in total. The summed E-state index contributed by atoms with van der Waals surface area (Å²) in [6.07, 6.45) is 1.69. The lowest BCUT2D eigenvalue weighted by Crippen LogP contribution is -2.36. The molecule has 146 valence electrons. The monoisotopic (exact) mass is 398 g/mol. The molecule has 0 saturated heterocycles. The smallest absolute Gasteiger partial charge is 0.303 e. The molecule has 0 fully saturated rings. The van der Waals surface area contributed by atoms with Gasteiger partial charge < -0.3 is 15.3 Å². The molecular formula is C21H22N2O4S. The van der Waals surface area contributed by atoms with Crippen molar-refractivity contribution in [3.05, 3.63) is 54.1 Å². The highest BCUT2D eigenvalue weighted by Gasteiger charge is 2.22. The number of fused-ring (bicyclic) bond motifs is 1. The van der Waals surface area contributed by atoms with Crippen molar-refractivity contribution in [1.29, 1.82) is 0 Å². The maximum atomic E-state index is 12.7. The summed E-state index contributed by atoms with van der Waals surface area (Å²) in [6.45, 7) is 0.732. The van der Waals surface area contributed by atoms with E-state index in [0.717, 1.165) is 30.0 Å². The Morgan fingerprint density at radius 1 is 1.07 bits per heavy atom. The van der Waals surface area contributed by atoms with Crippen LogP contribution in [0.15, 0.2) is 53.4 Å². The Balaban J connectivity index is 1.57. The number of nitrogens with one attached hydrogen (secondary N) is 1. The number of hydrogen-bond donors (Lipinski definition) is 2. The Kier molecular flexibility index (Phi) is 6.71. The predicted molar refractivity (Wildman–Crippen MR) is 110 cm³/mol. The topological polar surface area (TPSA) is 86.7 Å². The number of para-hydroxylation sites is 1. The molecule has 1 heterocycles. The van der Waals surface area contributed by atoms with Gasteiger partial charge in [0.25, 0.3) is 0 Å². The van der Waals surface area contributed by atoms with Crippen LogP contribution in [-0.4, -0.2) is 35.2 Å². The minimum Gasteiger partial charge on any atom is -0.481 e. The molecule has 0 atom stereocenters. The van der Waals surface area contributed by atoms with E-state index in [4.69, 9.17) is 5.11 Å². The third-order valence-corrected chi connectivity index (χ3v) is 5.44. The molecule has 28 heavy (non-hydrogen) atoms. The van der Waals surface area contributed by atoms with Crippen molar-refractivity contribution in [3.8, 4) is 0 Å². The number of benzene rings is 2. The van der Waals surface area contributed by atoms with Crippen molar-refractivity contribution in [1.82, 2.24) is 0 Å². The van der Waals surface area contributed by atoms with Crippen LogP contribution in [0.2, 0.25) is 0 Å². The van der Waals surface area contributed by atoms with Crippen molar-refractivity contribution in [2.75, 3.05) is 22.5 Å². The summed E-state index contributed by atoms with van der Waals surface area (Å²) in [5, 5.41) is 11.3. The molecule has 1 aliphatic heterocycles. The standard InChI is InChI=1S/C21H22N2O4S/c24-19(10-11-21(26)27)22-16-7-3-8-17(13-16)28-14-20(25)23-12-4-6-15-5-1-2-9-18(15)23/h1-3,5,7-9,13H,4,6,10-12,14H2,(H,22,24)(H,26,27). The first-order chi connectivity index (χ1) is 13.5. The van der Waals surface area contributed by atoms with E-state index in [-0.39, 0.29) is 24.7 Å². The zero-order valence-electron chi connectivity index (χ0n) is 15.4. The van der Waals surface area contributed by atoms with Crippen LogP contribution in [0.1, 0.15) is 24.8 Å². The van der Waals surface area contributed by atoms with Gasteiger partial charge >= 0.3 is 5.97 Å². The first-order valence-electron chi connectivity index (χ1n) is 9.16. The van der Waals surface area contributed by atoms with Crippen LogP contribution in [0.4, 0.5) is 11.4 Å². The number of carbonyl (C=O) groups excluding carboxylic acids is 2. The average Bonchev–Trinajstić information content (AvgIpc) is 2.70. The van der Waals surface area contributed by atoms with Crippen LogP contribution in [-0.2, 0) is 20.8 Å². The van der Waals surface area contributed by atoms with Crippen LogP contribution in [0.25, 0.3) is 0 Å². The minimum absolute atomic E-state index is 0.0630. The van der Waals surface area contributed by atoms with E-state index in [1.54, 1.807) is 18.2 Å². The fourth-order valence-electron chi connectivity index (χ4n) is 3.12. The lowest BCUT2D eigenvalue weighted by molar-refractivity contribution is -0.138. The maximum Gasteiger partial charge on any atom is 0.303 e. The van der Waals surface area contributed by atoms with E-state index < -0.39 is 5.97 Å². The molecule has 0 radical (unpaired) electrons. The highest BCUT2D eigenvalue weighted by Crippen LogP contribution is 2.28. The molecule has 0 saturated carbocycles. The second kappa shape index (κ2) is 9.41. The third kappa shape index (κ3) is 5.36. The first-order valence-corrected chi connectivity index (χ1v) is 10.1. The summed E-state index contributed by atoms with van der Waals surface area (Å²) in [5.41, 5.74) is 2.80. The number of thioether (sulfide) groups is 1. The van der Waals surface area contributed by atoms with Crippen molar-refractivity contribution in [2.45, 2.75) is 30.6 Å². The zero-order chi connectivity index (χ0) is 19.9. The van der Waals surface area contributed by atoms with Gasteiger partial charge in [0, 0.05) is 29.2 Å². The predicted octanol–water partition coefficient (Wildman–Crippen LogP) is 3.56. The SMILES string of the molecule is O=C(O)CCC(=O)Nc1cccc(SCC(=O)N2CCCc3ccccc32)c1. The number of anilines is 2. The van der Waals surface area contributed by atoms with Crippen molar-refractivity contribution in [2.24, 2.45) is 0 Å². The van der Waals surface area contributed by atoms with Crippen LogP contribution in [0.3, 0.4) is 0 Å². The van der Waals surface area contributed by atoms with E-state index in [1.807, 2.05) is 29.2 Å². The van der Waals surface area contributed by atoms with Crippen molar-refractivity contribution >= 4 is 40.9 Å². The lowest BCUT2D eigenvalue weighted by atomic mass is 10.0. The zero-order valence-corrected chi connectivity index (χ0v) is 16.2. The van der Waals surface area contributed by atoms with Gasteiger partial charge in [-0.25, -0.2) is 0 Å². The highest BCUT2D eigenvalue weighted by atomic mass is 32.2. The number of rotatable bonds is 7. The molecular weight excluding hydrogens is 376 g/mol. The van der Waals surface area contributed by atoms with Crippen molar-refractivity contribution in [3.63, 3.8) is 0 Å². The van der Waals surface area contributed by atoms with Crippen LogP contribution in [0, 0.1) is 0 Å². The summed E-state index contributed by atoms with van der Waals surface area (Å²) in [7, 11) is 0. The fraction of sp³-hybridized carbons (Fsp3) is 0.286. The van der Waals surface area contributed by atoms with E-state index in [1.165, 1.54) is 17.3 Å². The molecule has 7 heteroatoms. The largest absolute Gasteiger partial charge is 0.481 e. The fourth-order valence-corrected chi connectivity index (χ4v) is 3.95. The molecule has 0 aliphatic carbocycles. The summed E-state index contributed by atoms with van der Waals surface area (Å²) in [6, 6.07) is 15.2. The highest BCUT2D eigenvalue weighted by molar-refractivity contribution is 8.00. The molecule has 2 aromatic carbocycles. The Hall–Kier alpha value is -2.80. The Morgan fingerprint density at radius 2 is 1.89 bits per heavy atom. The summed E-state index contributed by atoms with van der Waals surface area (Å²) >= 11 is 1.42. The molecule has 2 N–H and O–H groups in total. The quantitative estimate of drug-likeness (QED) is 0.697. The molecule has 1 aliphatic rings. The summed E-state index contributed by atoms with van der Waals surface area (Å²) in [4.78, 5) is 37.8. The molecule has 0 spiro atoms. The van der Waals surface area contributed by atoms with Crippen LogP contribution >= 0.6 is 11.8 Å². The average molecular weight is 398 g/mol. The lowest BCUT2D eigenvalue weighted by Gasteiger charge is -2.29. The van der Waals surface area contributed by atoms with Gasteiger partial charge in [0.2, 0.25) is 11.8 Å². The van der Waals surface area contributed by atoms with Gasteiger partial charge in [-0.2, -0.15) is 0 Å². The van der Waals surface area contributed by atoms with Gasteiger partial charge in [-0.1, -0.05) is 24.3 Å². The Bertz CT molecular complexity index is 884.